The van der Waals surface area contributed by atoms with Gasteiger partial charge in [-0.25, -0.2) is 0 Å². The number of allylic oxidation sites excluding steroid dienone is 3. The highest BCUT2D eigenvalue weighted by atomic mass is 16.7. The quantitative estimate of drug-likeness (QED) is 0.0195. The van der Waals surface area contributed by atoms with E-state index in [1.807, 2.05) is 6.08 Å². The summed E-state index contributed by atoms with van der Waals surface area (Å²) in [5, 5.41) is 57.0. The average Bonchev–Trinajstić information content (AvgIpc) is 3.46. The maximum Gasteiger partial charge on any atom is 0.306 e. The third-order valence-electron chi connectivity index (χ3n) is 16.6. The molecule has 8 unspecified atom stereocenters. The molecule has 0 aliphatic carbocycles. The van der Waals surface area contributed by atoms with Gasteiger partial charge in [0.1, 0.15) is 24.4 Å². The molecule has 11 nitrogen and oxygen atoms in total. The zero-order valence-electron chi connectivity index (χ0n) is 52.5. The molecule has 1 amide bonds. The van der Waals surface area contributed by atoms with Gasteiger partial charge in [-0.2, -0.15) is 0 Å². The molecule has 80 heavy (non-hydrogen) atoms. The van der Waals surface area contributed by atoms with Crippen LogP contribution in [0.5, 0.6) is 0 Å². The molecule has 11 heteroatoms. The zero-order valence-corrected chi connectivity index (χ0v) is 52.5. The Morgan fingerprint density at radius 2 is 0.825 bits per heavy atom. The van der Waals surface area contributed by atoms with Crippen molar-refractivity contribution >= 4 is 11.9 Å². The summed E-state index contributed by atoms with van der Waals surface area (Å²) in [6, 6.07) is -1.02. The number of carbonyl (C=O) groups excluding carboxylic acids is 2. The normalized spacial score (nSPS) is 18.8. The van der Waals surface area contributed by atoms with E-state index >= 15 is 0 Å². The number of hydrogen-bond donors (Lipinski definition) is 6. The van der Waals surface area contributed by atoms with E-state index in [1.165, 1.54) is 238 Å². The van der Waals surface area contributed by atoms with Crippen LogP contribution in [0.4, 0.5) is 0 Å². The van der Waals surface area contributed by atoms with Crippen LogP contribution >= 0.6 is 0 Å². The van der Waals surface area contributed by atoms with E-state index in [0.717, 1.165) is 57.8 Å². The summed E-state index contributed by atoms with van der Waals surface area (Å²) in [6.07, 6.45) is 58.1. The number of unbranched alkanes of at least 4 members (excludes halogenated alkanes) is 44. The van der Waals surface area contributed by atoms with Crippen LogP contribution in [0, 0.1) is 0 Å². The van der Waals surface area contributed by atoms with Gasteiger partial charge in [0.05, 0.1) is 25.4 Å². The van der Waals surface area contributed by atoms with E-state index in [2.05, 4.69) is 38.2 Å². The number of esters is 1. The Labute approximate surface area is 492 Å². The lowest BCUT2D eigenvalue weighted by Crippen LogP contribution is -2.61. The minimum absolute atomic E-state index is 0.130. The summed E-state index contributed by atoms with van der Waals surface area (Å²) < 4.78 is 17.7. The first-order valence-corrected chi connectivity index (χ1v) is 34.6. The molecule has 472 valence electrons. The maximum atomic E-state index is 13.4. The Morgan fingerprint density at radius 3 is 1.21 bits per heavy atom. The topological polar surface area (TPSA) is 175 Å². The Morgan fingerprint density at radius 1 is 0.475 bits per heavy atom. The molecule has 6 N–H and O–H groups in total. The molecule has 0 radical (unpaired) electrons. The van der Waals surface area contributed by atoms with Gasteiger partial charge in [-0.05, 0) is 51.4 Å². The molecule has 1 fully saturated rings. The van der Waals surface area contributed by atoms with Gasteiger partial charge in [-0.3, -0.25) is 9.59 Å². The third kappa shape index (κ3) is 44.6. The van der Waals surface area contributed by atoms with E-state index in [-0.39, 0.29) is 13.0 Å². The highest BCUT2D eigenvalue weighted by Gasteiger charge is 2.47. The van der Waals surface area contributed by atoms with Crippen molar-refractivity contribution in [2.45, 2.75) is 391 Å². The van der Waals surface area contributed by atoms with Crippen molar-refractivity contribution in [3.05, 3.63) is 24.3 Å². The van der Waals surface area contributed by atoms with Crippen molar-refractivity contribution < 1.29 is 49.3 Å². The Hall–Kier alpha value is -1.86. The van der Waals surface area contributed by atoms with Crippen molar-refractivity contribution in [1.29, 1.82) is 0 Å². The number of carbonyl (C=O) groups is 2. The first-order chi connectivity index (χ1) is 39.2. The fraction of sp³-hybridized carbons (Fsp3) is 0.913. The molecule has 0 saturated carbocycles. The lowest BCUT2D eigenvalue weighted by atomic mass is 9.99. The molecule has 8 atom stereocenters. The van der Waals surface area contributed by atoms with Gasteiger partial charge < -0.3 is 45.1 Å². The minimum Gasteiger partial charge on any atom is -0.454 e. The summed E-state index contributed by atoms with van der Waals surface area (Å²) in [5.74, 6) is -1.18. The molecule has 0 spiro atoms. The van der Waals surface area contributed by atoms with Crippen LogP contribution < -0.4 is 5.32 Å². The largest absolute Gasteiger partial charge is 0.454 e. The van der Waals surface area contributed by atoms with Crippen LogP contribution in [0.15, 0.2) is 24.3 Å². The van der Waals surface area contributed by atoms with Crippen LogP contribution in [-0.4, -0.2) is 99.6 Å². The average molecular weight is 1130 g/mol. The van der Waals surface area contributed by atoms with Crippen molar-refractivity contribution in [3.63, 3.8) is 0 Å². The van der Waals surface area contributed by atoms with Crippen LogP contribution in [0.1, 0.15) is 342 Å². The molecule has 0 bridgehead atoms. The summed E-state index contributed by atoms with van der Waals surface area (Å²) >= 11 is 0. The SMILES string of the molecule is CCCCCCCC/C=C/CCCCCCCCCCCCCCCCCCCC(=O)OC1C(OCC(NC(=O)C(O)CCCCCCCCCCCCCC)C(O)/C=C/CCCCCCCCCCCC)OC(CO)C(O)C1O. The van der Waals surface area contributed by atoms with E-state index < -0.39 is 67.4 Å². The molecule has 0 aromatic rings. The van der Waals surface area contributed by atoms with Crippen molar-refractivity contribution in [1.82, 2.24) is 5.32 Å². The first kappa shape index (κ1) is 76.2. The van der Waals surface area contributed by atoms with E-state index in [9.17, 15) is 35.1 Å². The Balaban J connectivity index is 2.50. The van der Waals surface area contributed by atoms with E-state index in [0.29, 0.717) is 19.3 Å². The molecule has 1 heterocycles. The highest BCUT2D eigenvalue weighted by Crippen LogP contribution is 2.26. The fourth-order valence-corrected chi connectivity index (χ4v) is 11.1. The summed E-state index contributed by atoms with van der Waals surface area (Å²) in [4.78, 5) is 26.6. The second kappa shape index (κ2) is 57.6. The van der Waals surface area contributed by atoms with Crippen molar-refractivity contribution in [2.24, 2.45) is 0 Å². The predicted molar refractivity (Wildman–Crippen MR) is 334 cm³/mol. The second-order valence-electron chi connectivity index (χ2n) is 24.3. The number of nitrogens with one attached hydrogen (secondary N) is 1. The molecule has 1 saturated heterocycles. The monoisotopic (exact) mass is 1130 g/mol. The Kier molecular flexibility index (Phi) is 54.8. The van der Waals surface area contributed by atoms with Crippen molar-refractivity contribution in [3.8, 4) is 0 Å². The second-order valence-corrected chi connectivity index (χ2v) is 24.3. The lowest BCUT2D eigenvalue weighted by Gasteiger charge is -2.41. The molecule has 0 aromatic heterocycles. The van der Waals surface area contributed by atoms with Gasteiger partial charge in [-0.1, -0.05) is 308 Å². The summed E-state index contributed by atoms with van der Waals surface area (Å²) in [5.41, 5.74) is 0. The van der Waals surface area contributed by atoms with Gasteiger partial charge >= 0.3 is 5.97 Å². The zero-order chi connectivity index (χ0) is 58.2. The molecule has 1 aliphatic heterocycles. The first-order valence-electron chi connectivity index (χ1n) is 34.6. The summed E-state index contributed by atoms with van der Waals surface area (Å²) in [6.45, 7) is 5.82. The van der Waals surface area contributed by atoms with E-state index in [4.69, 9.17) is 14.2 Å². The molecule has 1 aliphatic rings. The van der Waals surface area contributed by atoms with Crippen molar-refractivity contribution in [2.75, 3.05) is 13.2 Å². The van der Waals surface area contributed by atoms with E-state index in [1.54, 1.807) is 6.08 Å². The highest BCUT2D eigenvalue weighted by molar-refractivity contribution is 5.80. The van der Waals surface area contributed by atoms with Crippen LogP contribution in [-0.2, 0) is 23.8 Å². The minimum atomic E-state index is -1.61. The Bertz CT molecular complexity index is 1400. The fourth-order valence-electron chi connectivity index (χ4n) is 11.1. The van der Waals surface area contributed by atoms with Crippen LogP contribution in [0.3, 0.4) is 0 Å². The molecular weight excluding hydrogens is 1000 g/mol. The van der Waals surface area contributed by atoms with Gasteiger partial charge in [0.2, 0.25) is 5.91 Å². The number of aliphatic hydroxyl groups is 5. The number of hydrogen-bond acceptors (Lipinski definition) is 10. The van der Waals surface area contributed by atoms with Gasteiger partial charge in [0.15, 0.2) is 12.4 Å². The van der Waals surface area contributed by atoms with Gasteiger partial charge in [0.25, 0.3) is 0 Å². The molecular formula is C69H131NO10. The third-order valence-corrected chi connectivity index (χ3v) is 16.6. The molecule has 0 aromatic carbocycles. The molecule has 1 rings (SSSR count). The smallest absolute Gasteiger partial charge is 0.306 e. The van der Waals surface area contributed by atoms with Gasteiger partial charge in [0, 0.05) is 6.42 Å². The predicted octanol–water partition coefficient (Wildman–Crippen LogP) is 17.2. The maximum absolute atomic E-state index is 13.4. The standard InChI is InChI=1S/C69H131NO10/c1-4-7-10-13-16-19-22-25-26-27-28-29-30-31-32-33-34-35-36-37-38-39-42-45-48-51-54-57-64(74)80-67-66(76)65(75)63(58-71)79-69(67)78-59-60(61(72)55-52-49-46-43-40-23-20-17-14-11-8-5-2)70-68(77)62(73)56-53-50-47-44-41-24-21-18-15-12-9-6-3/h25-26,52,55,60-63,65-67,69,71-73,75-76H,4-24,27-51,53-54,56-59H2,1-3H3,(H,70,77)/b26-25+,55-52+. The number of amides is 1. The van der Waals surface area contributed by atoms with Crippen LogP contribution in [0.2, 0.25) is 0 Å². The summed E-state index contributed by atoms with van der Waals surface area (Å²) in [7, 11) is 0. The van der Waals surface area contributed by atoms with Gasteiger partial charge in [-0.15, -0.1) is 0 Å². The lowest BCUT2D eigenvalue weighted by molar-refractivity contribution is -0.305. The number of aliphatic hydroxyl groups excluding tert-OH is 5. The van der Waals surface area contributed by atoms with Crippen LogP contribution in [0.25, 0.3) is 0 Å². The number of rotatable bonds is 60. The number of ether oxygens (including phenoxy) is 3.